The number of urea groups is 1. The van der Waals surface area contributed by atoms with E-state index in [0.717, 1.165) is 35.2 Å². The second-order valence-electron chi connectivity index (χ2n) is 8.03. The van der Waals surface area contributed by atoms with Crippen LogP contribution in [-0.2, 0) is 20.1 Å². The van der Waals surface area contributed by atoms with Crippen molar-refractivity contribution in [2.24, 2.45) is 7.05 Å². The Bertz CT molecular complexity index is 1390. The molecule has 0 spiro atoms. The van der Waals surface area contributed by atoms with Crippen LogP contribution in [0.1, 0.15) is 18.2 Å². The standard InChI is InChI=1S/C27H27ClN4O2.ClH/c1-3-29-16-18-8-7-11-21(14-18)31-27(34)30-17-24-25(19-9-5-4-6-10-19)23-15-20(28)12-13-22(23)26(33)32(24)2;/h4-15,29H,3,16-17H2,1-2H3,(H2,30,31,34);1H. The van der Waals surface area contributed by atoms with Gasteiger partial charge in [0.2, 0.25) is 0 Å². The molecule has 0 saturated carbocycles. The molecule has 3 N–H and O–H groups in total. The van der Waals surface area contributed by atoms with Gasteiger partial charge in [0.15, 0.2) is 0 Å². The first-order chi connectivity index (χ1) is 16.5. The minimum atomic E-state index is -0.349. The molecule has 0 radical (unpaired) electrons. The zero-order valence-electron chi connectivity index (χ0n) is 19.6. The smallest absolute Gasteiger partial charge is 0.319 e. The second-order valence-corrected chi connectivity index (χ2v) is 8.47. The molecule has 35 heavy (non-hydrogen) atoms. The summed E-state index contributed by atoms with van der Waals surface area (Å²) in [5, 5.41) is 11.0. The van der Waals surface area contributed by atoms with Crippen LogP contribution in [0.15, 0.2) is 77.6 Å². The summed E-state index contributed by atoms with van der Waals surface area (Å²) in [6.07, 6.45) is 0. The van der Waals surface area contributed by atoms with Crippen LogP contribution >= 0.6 is 24.0 Å². The highest BCUT2D eigenvalue weighted by Gasteiger charge is 2.17. The number of halogens is 2. The predicted molar refractivity (Wildman–Crippen MR) is 147 cm³/mol. The summed E-state index contributed by atoms with van der Waals surface area (Å²) in [4.78, 5) is 25.8. The third-order valence-corrected chi connectivity index (χ3v) is 5.96. The van der Waals surface area contributed by atoms with E-state index in [2.05, 4.69) is 16.0 Å². The van der Waals surface area contributed by atoms with E-state index in [4.69, 9.17) is 11.6 Å². The van der Waals surface area contributed by atoms with Crippen molar-refractivity contribution >= 4 is 46.5 Å². The maximum Gasteiger partial charge on any atom is 0.319 e. The number of aromatic nitrogens is 1. The first-order valence-corrected chi connectivity index (χ1v) is 11.6. The molecule has 182 valence electrons. The van der Waals surface area contributed by atoms with Gasteiger partial charge in [-0.1, -0.05) is 61.0 Å². The summed E-state index contributed by atoms with van der Waals surface area (Å²) < 4.78 is 1.59. The van der Waals surface area contributed by atoms with E-state index >= 15 is 0 Å². The van der Waals surface area contributed by atoms with Crippen molar-refractivity contribution in [3.05, 3.63) is 99.4 Å². The highest BCUT2D eigenvalue weighted by atomic mass is 35.5. The highest BCUT2D eigenvalue weighted by molar-refractivity contribution is 6.31. The average Bonchev–Trinajstić information content (AvgIpc) is 2.84. The number of amides is 2. The van der Waals surface area contributed by atoms with Crippen molar-refractivity contribution in [3.8, 4) is 11.1 Å². The van der Waals surface area contributed by atoms with Gasteiger partial charge in [0.05, 0.1) is 6.54 Å². The fourth-order valence-corrected chi connectivity index (χ4v) is 4.21. The maximum atomic E-state index is 13.1. The minimum Gasteiger partial charge on any atom is -0.332 e. The van der Waals surface area contributed by atoms with E-state index in [1.807, 2.05) is 61.5 Å². The molecule has 6 nitrogen and oxygen atoms in total. The molecule has 1 heterocycles. The van der Waals surface area contributed by atoms with Crippen molar-refractivity contribution in [1.29, 1.82) is 0 Å². The molecular formula is C27H28Cl2N4O2. The van der Waals surface area contributed by atoms with Gasteiger partial charge in [-0.2, -0.15) is 0 Å². The number of anilines is 1. The van der Waals surface area contributed by atoms with Crippen molar-refractivity contribution in [3.63, 3.8) is 0 Å². The number of hydrogen-bond acceptors (Lipinski definition) is 3. The monoisotopic (exact) mass is 510 g/mol. The fraction of sp³-hybridized carbons (Fsp3) is 0.185. The van der Waals surface area contributed by atoms with E-state index in [9.17, 15) is 9.59 Å². The largest absolute Gasteiger partial charge is 0.332 e. The number of carbonyl (C=O) groups excluding carboxylic acids is 1. The average molecular weight is 511 g/mol. The molecule has 4 aromatic rings. The van der Waals surface area contributed by atoms with Crippen LogP contribution in [-0.4, -0.2) is 17.1 Å². The zero-order valence-corrected chi connectivity index (χ0v) is 21.2. The Morgan fingerprint density at radius 3 is 2.46 bits per heavy atom. The molecule has 0 aliphatic rings. The van der Waals surface area contributed by atoms with Crippen LogP contribution < -0.4 is 21.5 Å². The van der Waals surface area contributed by atoms with Gasteiger partial charge < -0.3 is 20.5 Å². The van der Waals surface area contributed by atoms with E-state index in [-0.39, 0.29) is 30.5 Å². The van der Waals surface area contributed by atoms with Crippen molar-refractivity contribution in [2.45, 2.75) is 20.0 Å². The quantitative estimate of drug-likeness (QED) is 0.298. The number of rotatable bonds is 7. The second kappa shape index (κ2) is 11.9. The normalized spacial score (nSPS) is 10.6. The third-order valence-electron chi connectivity index (χ3n) is 5.72. The van der Waals surface area contributed by atoms with Crippen molar-refractivity contribution < 1.29 is 4.79 Å². The van der Waals surface area contributed by atoms with Gasteiger partial charge in [0, 0.05) is 40.9 Å². The molecule has 0 aliphatic carbocycles. The Morgan fingerprint density at radius 2 is 1.71 bits per heavy atom. The van der Waals surface area contributed by atoms with E-state index in [0.29, 0.717) is 21.8 Å². The number of benzene rings is 3. The van der Waals surface area contributed by atoms with Crippen LogP contribution in [0.4, 0.5) is 10.5 Å². The lowest BCUT2D eigenvalue weighted by Crippen LogP contribution is -2.32. The SMILES string of the molecule is CCNCc1cccc(NC(=O)NCc2c(-c3ccccc3)c3cc(Cl)ccc3c(=O)n2C)c1.Cl. The van der Waals surface area contributed by atoms with Gasteiger partial charge >= 0.3 is 6.03 Å². The lowest BCUT2D eigenvalue weighted by Gasteiger charge is -2.18. The first kappa shape index (κ1) is 26.3. The minimum absolute atomic E-state index is 0. The van der Waals surface area contributed by atoms with Crippen LogP contribution in [0.25, 0.3) is 21.9 Å². The summed E-state index contributed by atoms with van der Waals surface area (Å²) in [5.41, 5.74) is 4.16. The third kappa shape index (κ3) is 6.03. The molecule has 3 aromatic carbocycles. The number of nitrogens with one attached hydrogen (secondary N) is 3. The van der Waals surface area contributed by atoms with Crippen LogP contribution in [0.5, 0.6) is 0 Å². The Labute approximate surface area is 215 Å². The molecule has 4 rings (SSSR count). The molecule has 0 fully saturated rings. The van der Waals surface area contributed by atoms with Gasteiger partial charge in [-0.3, -0.25) is 4.79 Å². The van der Waals surface area contributed by atoms with Crippen LogP contribution in [0, 0.1) is 0 Å². The summed E-state index contributed by atoms with van der Waals surface area (Å²) >= 11 is 6.29. The number of pyridine rings is 1. The summed E-state index contributed by atoms with van der Waals surface area (Å²) in [5.74, 6) is 0. The molecule has 0 saturated heterocycles. The fourth-order valence-electron chi connectivity index (χ4n) is 4.04. The van der Waals surface area contributed by atoms with Gasteiger partial charge in [0.1, 0.15) is 0 Å². The van der Waals surface area contributed by atoms with Gasteiger partial charge in [-0.05, 0) is 53.4 Å². The zero-order chi connectivity index (χ0) is 24.1. The number of nitrogens with zero attached hydrogens (tertiary/aromatic N) is 1. The van der Waals surface area contributed by atoms with Gasteiger partial charge in [-0.15, -0.1) is 12.4 Å². The van der Waals surface area contributed by atoms with Crippen LogP contribution in [0.3, 0.4) is 0 Å². The Hall–Kier alpha value is -3.32. The molecular weight excluding hydrogens is 483 g/mol. The Balaban J connectivity index is 0.00000342. The number of carbonyl (C=O) groups is 1. The summed E-state index contributed by atoms with van der Waals surface area (Å²) in [6, 6.07) is 22.4. The number of hydrogen-bond donors (Lipinski definition) is 3. The van der Waals surface area contributed by atoms with E-state index in [1.54, 1.807) is 29.8 Å². The van der Waals surface area contributed by atoms with Crippen molar-refractivity contribution in [1.82, 2.24) is 15.2 Å². The lowest BCUT2D eigenvalue weighted by molar-refractivity contribution is 0.251. The van der Waals surface area contributed by atoms with E-state index < -0.39 is 0 Å². The number of fused-ring (bicyclic) bond motifs is 1. The molecule has 8 heteroatoms. The molecule has 0 atom stereocenters. The topological polar surface area (TPSA) is 75.2 Å². The predicted octanol–water partition coefficient (Wildman–Crippen LogP) is 5.71. The highest BCUT2D eigenvalue weighted by Crippen LogP contribution is 2.32. The van der Waals surface area contributed by atoms with E-state index in [1.165, 1.54) is 0 Å². The van der Waals surface area contributed by atoms with Crippen molar-refractivity contribution in [2.75, 3.05) is 11.9 Å². The first-order valence-electron chi connectivity index (χ1n) is 11.2. The van der Waals surface area contributed by atoms with Gasteiger partial charge in [0.25, 0.3) is 5.56 Å². The maximum absolute atomic E-state index is 13.1. The molecule has 0 bridgehead atoms. The Morgan fingerprint density at radius 1 is 0.943 bits per heavy atom. The summed E-state index contributed by atoms with van der Waals surface area (Å²) in [6.45, 7) is 3.82. The molecule has 1 aromatic heterocycles. The molecule has 0 aliphatic heterocycles. The molecule has 0 unspecified atom stereocenters. The Kier molecular flexibility index (Phi) is 8.93. The van der Waals surface area contributed by atoms with Crippen LogP contribution in [0.2, 0.25) is 5.02 Å². The summed E-state index contributed by atoms with van der Waals surface area (Å²) in [7, 11) is 1.72. The van der Waals surface area contributed by atoms with Gasteiger partial charge in [-0.25, -0.2) is 4.79 Å². The molecule has 2 amide bonds. The lowest BCUT2D eigenvalue weighted by atomic mass is 9.96.